The Labute approximate surface area is 186 Å². The number of carbonyl (C=O) groups is 1. The number of aliphatic hydroxyl groups excluding tert-OH is 1. The first kappa shape index (κ1) is 22.1. The average molecular weight is 455 g/mol. The van der Waals surface area contributed by atoms with E-state index in [2.05, 4.69) is 10.0 Å². The Bertz CT molecular complexity index is 1280. The highest BCUT2D eigenvalue weighted by Crippen LogP contribution is 2.30. The Morgan fingerprint density at radius 2 is 1.84 bits per heavy atom. The quantitative estimate of drug-likeness (QED) is 0.548. The van der Waals surface area contributed by atoms with Gasteiger partial charge in [0.05, 0.1) is 17.0 Å². The van der Waals surface area contributed by atoms with Gasteiger partial charge < -0.3 is 10.4 Å². The molecule has 3 aromatic carbocycles. The highest BCUT2D eigenvalue weighted by molar-refractivity contribution is 7.89. The van der Waals surface area contributed by atoms with Crippen molar-refractivity contribution >= 4 is 21.6 Å². The van der Waals surface area contributed by atoms with E-state index >= 15 is 0 Å². The maximum absolute atomic E-state index is 13.4. The Hall–Kier alpha value is -3.07. The van der Waals surface area contributed by atoms with Crippen molar-refractivity contribution < 1.29 is 22.7 Å². The smallest absolute Gasteiger partial charge is 0.255 e. The minimum absolute atomic E-state index is 0.0773. The molecular formula is C24H23FN2O4S. The monoisotopic (exact) mass is 454 g/mol. The third-order valence-electron chi connectivity index (χ3n) is 5.61. The Morgan fingerprint density at radius 1 is 1.06 bits per heavy atom. The number of nitrogens with one attached hydrogen (secondary N) is 2. The lowest BCUT2D eigenvalue weighted by Crippen LogP contribution is -2.41. The van der Waals surface area contributed by atoms with Crippen LogP contribution in [-0.4, -0.2) is 25.5 Å². The third-order valence-corrected chi connectivity index (χ3v) is 7.10. The second-order valence-electron chi connectivity index (χ2n) is 7.86. The summed E-state index contributed by atoms with van der Waals surface area (Å²) in [5.41, 5.74) is 2.66. The number of hydrogen-bond donors (Lipinski definition) is 3. The predicted molar refractivity (Wildman–Crippen MR) is 119 cm³/mol. The summed E-state index contributed by atoms with van der Waals surface area (Å²) in [7, 11) is -3.98. The molecule has 0 spiro atoms. The maximum Gasteiger partial charge on any atom is 0.255 e. The molecule has 0 radical (unpaired) electrons. The van der Waals surface area contributed by atoms with Gasteiger partial charge in [-0.15, -0.1) is 0 Å². The van der Waals surface area contributed by atoms with Gasteiger partial charge in [0.15, 0.2) is 0 Å². The first-order chi connectivity index (χ1) is 15.2. The fourth-order valence-corrected chi connectivity index (χ4v) is 5.18. The van der Waals surface area contributed by atoms with Crippen LogP contribution in [-0.2, 0) is 16.4 Å². The lowest BCUT2D eigenvalue weighted by atomic mass is 9.86. The Morgan fingerprint density at radius 3 is 2.62 bits per heavy atom. The van der Waals surface area contributed by atoms with Crippen LogP contribution in [0.3, 0.4) is 0 Å². The number of fused-ring (bicyclic) bond motifs is 1. The molecule has 3 N–H and O–H groups in total. The molecule has 0 aromatic heterocycles. The molecule has 3 aromatic rings. The van der Waals surface area contributed by atoms with Crippen molar-refractivity contribution in [1.82, 2.24) is 4.72 Å². The van der Waals surface area contributed by atoms with E-state index in [0.29, 0.717) is 29.7 Å². The summed E-state index contributed by atoms with van der Waals surface area (Å²) < 4.78 is 42.0. The van der Waals surface area contributed by atoms with Crippen molar-refractivity contribution in [3.8, 4) is 0 Å². The van der Waals surface area contributed by atoms with Gasteiger partial charge in [-0.25, -0.2) is 17.5 Å². The van der Waals surface area contributed by atoms with Crippen molar-refractivity contribution in [2.45, 2.75) is 36.8 Å². The normalized spacial score (nSPS) is 18.1. The van der Waals surface area contributed by atoms with Gasteiger partial charge in [-0.1, -0.05) is 30.3 Å². The topological polar surface area (TPSA) is 95.5 Å². The molecule has 0 heterocycles. The predicted octanol–water partition coefficient (Wildman–Crippen LogP) is 3.71. The molecule has 2 unspecified atom stereocenters. The van der Waals surface area contributed by atoms with Gasteiger partial charge in [0, 0.05) is 11.3 Å². The van der Waals surface area contributed by atoms with Gasteiger partial charge >= 0.3 is 0 Å². The molecule has 0 saturated heterocycles. The van der Waals surface area contributed by atoms with E-state index in [0.717, 1.165) is 5.56 Å². The zero-order valence-electron chi connectivity index (χ0n) is 17.4. The summed E-state index contributed by atoms with van der Waals surface area (Å²) in [6.07, 6.45) is 0.157. The number of amides is 1. The fraction of sp³-hybridized carbons (Fsp3) is 0.208. The number of hydrogen-bond acceptors (Lipinski definition) is 4. The van der Waals surface area contributed by atoms with Gasteiger partial charge in [-0.05, 0) is 72.9 Å². The van der Waals surface area contributed by atoms with Crippen molar-refractivity contribution in [1.29, 1.82) is 0 Å². The van der Waals surface area contributed by atoms with Crippen molar-refractivity contribution in [3.63, 3.8) is 0 Å². The minimum Gasteiger partial charge on any atom is -0.387 e. The second-order valence-corrected chi connectivity index (χ2v) is 9.57. The molecule has 4 rings (SSSR count). The first-order valence-corrected chi connectivity index (χ1v) is 11.7. The lowest BCUT2D eigenvalue weighted by Gasteiger charge is -2.30. The highest BCUT2D eigenvalue weighted by atomic mass is 32.2. The van der Waals surface area contributed by atoms with Crippen molar-refractivity contribution in [3.05, 3.63) is 94.8 Å². The van der Waals surface area contributed by atoms with Gasteiger partial charge in [-0.3, -0.25) is 4.79 Å². The number of rotatable bonds is 5. The van der Waals surface area contributed by atoms with Crippen LogP contribution >= 0.6 is 0 Å². The molecule has 2 atom stereocenters. The Kier molecular flexibility index (Phi) is 6.10. The number of halogens is 1. The van der Waals surface area contributed by atoms with Crippen LogP contribution in [0.25, 0.3) is 0 Å². The zero-order chi connectivity index (χ0) is 22.9. The van der Waals surface area contributed by atoms with Gasteiger partial charge in [0.2, 0.25) is 10.0 Å². The van der Waals surface area contributed by atoms with E-state index in [1.165, 1.54) is 42.5 Å². The molecule has 6 nitrogen and oxygen atoms in total. The number of carbonyl (C=O) groups excluding carboxylic acids is 1. The van der Waals surface area contributed by atoms with Gasteiger partial charge in [0.1, 0.15) is 5.82 Å². The summed E-state index contributed by atoms with van der Waals surface area (Å²) >= 11 is 0. The van der Waals surface area contributed by atoms with Crippen LogP contribution in [0.1, 0.15) is 39.6 Å². The van der Waals surface area contributed by atoms with E-state index < -0.39 is 28.1 Å². The highest BCUT2D eigenvalue weighted by Gasteiger charge is 2.31. The van der Waals surface area contributed by atoms with E-state index in [-0.39, 0.29) is 16.3 Å². The molecule has 166 valence electrons. The largest absolute Gasteiger partial charge is 0.387 e. The second kappa shape index (κ2) is 8.82. The standard InChI is InChI=1S/C24H23FN2O4S/c1-15-13-18(10-11-21(15)25)26-24(29)17-6-4-7-19(14-17)32(30,31)27-22-12-9-16-5-2-3-8-20(16)23(22)28/h2-8,10-11,13-14,22-23,27-28H,9,12H2,1H3,(H,26,29). The minimum atomic E-state index is -3.98. The molecule has 0 bridgehead atoms. The molecule has 32 heavy (non-hydrogen) atoms. The maximum atomic E-state index is 13.4. The van der Waals surface area contributed by atoms with E-state index in [4.69, 9.17) is 0 Å². The van der Waals surface area contributed by atoms with E-state index in [1.807, 2.05) is 18.2 Å². The summed E-state index contributed by atoms with van der Waals surface area (Å²) in [5.74, 6) is -0.894. The molecule has 0 fully saturated rings. The zero-order valence-corrected chi connectivity index (χ0v) is 18.2. The molecule has 1 aliphatic rings. The molecular weight excluding hydrogens is 431 g/mol. The van der Waals surface area contributed by atoms with Crippen molar-refractivity contribution in [2.24, 2.45) is 0 Å². The lowest BCUT2D eigenvalue weighted by molar-refractivity contribution is 0.102. The van der Waals surface area contributed by atoms with E-state index in [9.17, 15) is 22.7 Å². The number of aryl methyl sites for hydroxylation is 2. The third kappa shape index (κ3) is 4.57. The number of aliphatic hydroxyl groups is 1. The summed E-state index contributed by atoms with van der Waals surface area (Å²) in [5, 5.41) is 13.3. The summed E-state index contributed by atoms with van der Waals surface area (Å²) in [6, 6.07) is 16.6. The van der Waals surface area contributed by atoms with Crippen LogP contribution in [0, 0.1) is 12.7 Å². The fourth-order valence-electron chi connectivity index (χ4n) is 3.86. The molecule has 1 aliphatic carbocycles. The number of sulfonamides is 1. The SMILES string of the molecule is Cc1cc(NC(=O)c2cccc(S(=O)(=O)NC3CCc4ccccc4C3O)c2)ccc1F. The van der Waals surface area contributed by atoms with Crippen LogP contribution in [0.15, 0.2) is 71.6 Å². The van der Waals surface area contributed by atoms with Crippen molar-refractivity contribution in [2.75, 3.05) is 5.32 Å². The first-order valence-electron chi connectivity index (χ1n) is 10.2. The summed E-state index contributed by atoms with van der Waals surface area (Å²) in [6.45, 7) is 1.59. The number of anilines is 1. The van der Waals surface area contributed by atoms with E-state index in [1.54, 1.807) is 13.0 Å². The summed E-state index contributed by atoms with van der Waals surface area (Å²) in [4.78, 5) is 12.5. The van der Waals surface area contributed by atoms with Gasteiger partial charge in [0.25, 0.3) is 5.91 Å². The molecule has 0 saturated carbocycles. The molecule has 1 amide bonds. The average Bonchev–Trinajstić information content (AvgIpc) is 2.78. The Balaban J connectivity index is 1.52. The number of benzene rings is 3. The molecule has 0 aliphatic heterocycles. The van der Waals surface area contributed by atoms with Crippen LogP contribution < -0.4 is 10.0 Å². The van der Waals surface area contributed by atoms with Crippen LogP contribution in [0.4, 0.5) is 10.1 Å². The molecule has 8 heteroatoms. The van der Waals surface area contributed by atoms with Gasteiger partial charge in [-0.2, -0.15) is 0 Å². The van der Waals surface area contributed by atoms with Crippen LogP contribution in [0.5, 0.6) is 0 Å². The van der Waals surface area contributed by atoms with Crippen LogP contribution in [0.2, 0.25) is 0 Å².